The molecule has 0 radical (unpaired) electrons. The normalized spacial score (nSPS) is 14.9. The maximum atomic E-state index is 12.3. The number of fused-ring (bicyclic) bond motifs is 1. The Kier molecular flexibility index (Phi) is 5.85. The summed E-state index contributed by atoms with van der Waals surface area (Å²) in [6.07, 6.45) is 5.59. The number of hydrogen-bond acceptors (Lipinski definition) is 4. The maximum Gasteiger partial charge on any atom is 0.258 e. The summed E-state index contributed by atoms with van der Waals surface area (Å²) in [5.74, 6) is 0.593. The van der Waals surface area contributed by atoms with Crippen LogP contribution in [0.15, 0.2) is 47.4 Å². The van der Waals surface area contributed by atoms with Gasteiger partial charge in [0.1, 0.15) is 5.75 Å². The zero-order chi connectivity index (χ0) is 19.4. The van der Waals surface area contributed by atoms with Gasteiger partial charge in [0, 0.05) is 6.26 Å². The van der Waals surface area contributed by atoms with Gasteiger partial charge in [0.15, 0.2) is 16.4 Å². The lowest BCUT2D eigenvalue weighted by Gasteiger charge is -2.20. The quantitative estimate of drug-likeness (QED) is 0.826. The van der Waals surface area contributed by atoms with E-state index in [1.807, 2.05) is 19.1 Å². The van der Waals surface area contributed by atoms with Gasteiger partial charge in [-0.2, -0.15) is 0 Å². The number of rotatable bonds is 6. The van der Waals surface area contributed by atoms with Crippen molar-refractivity contribution in [1.29, 1.82) is 0 Å². The first kappa shape index (κ1) is 19.4. The zero-order valence-corrected chi connectivity index (χ0v) is 16.5. The topological polar surface area (TPSA) is 72.5 Å². The molecule has 27 heavy (non-hydrogen) atoms. The molecule has 0 aromatic heterocycles. The molecule has 0 saturated heterocycles. The van der Waals surface area contributed by atoms with Gasteiger partial charge in [-0.05, 0) is 67.5 Å². The minimum Gasteiger partial charge on any atom is -0.483 e. The summed E-state index contributed by atoms with van der Waals surface area (Å²) in [5, 5.41) is 2.89. The minimum atomic E-state index is -3.22. The summed E-state index contributed by atoms with van der Waals surface area (Å²) in [7, 11) is -3.22. The van der Waals surface area contributed by atoms with E-state index in [2.05, 4.69) is 11.4 Å². The number of carbonyl (C=O) groups is 1. The number of ether oxygens (including phenoxy) is 1. The molecule has 3 rings (SSSR count). The van der Waals surface area contributed by atoms with Crippen LogP contribution in [0.3, 0.4) is 0 Å². The van der Waals surface area contributed by atoms with E-state index in [-0.39, 0.29) is 23.5 Å². The Morgan fingerprint density at radius 2 is 1.81 bits per heavy atom. The number of nitrogens with one attached hydrogen (secondary N) is 1. The first-order valence-electron chi connectivity index (χ1n) is 9.17. The summed E-state index contributed by atoms with van der Waals surface area (Å²) >= 11 is 0. The van der Waals surface area contributed by atoms with Gasteiger partial charge in [-0.15, -0.1) is 0 Å². The van der Waals surface area contributed by atoms with Gasteiger partial charge in [-0.1, -0.05) is 24.3 Å². The van der Waals surface area contributed by atoms with Crippen molar-refractivity contribution < 1.29 is 17.9 Å². The number of sulfone groups is 1. The highest BCUT2D eigenvalue weighted by Gasteiger charge is 2.16. The van der Waals surface area contributed by atoms with Crippen molar-refractivity contribution in [2.75, 3.05) is 12.9 Å². The largest absolute Gasteiger partial charge is 0.483 e. The fraction of sp³-hybridized carbons (Fsp3) is 0.381. The Labute approximate surface area is 160 Å². The molecule has 0 aliphatic heterocycles. The van der Waals surface area contributed by atoms with E-state index in [0.717, 1.165) is 30.6 Å². The Morgan fingerprint density at radius 3 is 2.52 bits per heavy atom. The third kappa shape index (κ3) is 4.89. The van der Waals surface area contributed by atoms with Crippen LogP contribution >= 0.6 is 0 Å². The molecule has 1 aliphatic carbocycles. The third-order valence-electron chi connectivity index (χ3n) is 4.90. The molecule has 1 atom stereocenters. The smallest absolute Gasteiger partial charge is 0.258 e. The summed E-state index contributed by atoms with van der Waals surface area (Å²) in [6, 6.07) is 12.3. The number of aryl methyl sites for hydroxylation is 1. The predicted octanol–water partition coefficient (Wildman–Crippen LogP) is 3.23. The van der Waals surface area contributed by atoms with Gasteiger partial charge in [0.2, 0.25) is 0 Å². The molecule has 0 heterocycles. The molecule has 144 valence electrons. The number of amides is 1. The SMILES string of the molecule is C[C@H](NC(=O)COc1cccc2c1CCCC2)c1ccc(S(C)(=O)=O)cc1. The van der Waals surface area contributed by atoms with Crippen LogP contribution in [0, 0.1) is 0 Å². The Balaban J connectivity index is 1.58. The summed E-state index contributed by atoms with van der Waals surface area (Å²) in [6.45, 7) is 1.82. The average molecular weight is 388 g/mol. The highest BCUT2D eigenvalue weighted by atomic mass is 32.2. The standard InChI is InChI=1S/C21H25NO4S/c1-15(16-10-12-18(13-11-16)27(2,24)25)22-21(23)14-26-20-9-5-7-17-6-3-4-8-19(17)20/h5,7,9-13,15H,3-4,6,8,14H2,1-2H3,(H,22,23)/t15-/m0/s1. The highest BCUT2D eigenvalue weighted by molar-refractivity contribution is 7.90. The fourth-order valence-electron chi connectivity index (χ4n) is 3.40. The van der Waals surface area contributed by atoms with Crippen molar-refractivity contribution in [2.24, 2.45) is 0 Å². The van der Waals surface area contributed by atoms with Gasteiger partial charge in [-0.25, -0.2) is 8.42 Å². The van der Waals surface area contributed by atoms with Crippen molar-refractivity contribution in [1.82, 2.24) is 5.32 Å². The van der Waals surface area contributed by atoms with Crippen LogP contribution in [0.4, 0.5) is 0 Å². The van der Waals surface area contributed by atoms with E-state index >= 15 is 0 Å². The van der Waals surface area contributed by atoms with Crippen LogP contribution in [0.5, 0.6) is 5.75 Å². The number of benzene rings is 2. The van der Waals surface area contributed by atoms with E-state index < -0.39 is 9.84 Å². The number of carbonyl (C=O) groups excluding carboxylic acids is 1. The Morgan fingerprint density at radius 1 is 1.11 bits per heavy atom. The zero-order valence-electron chi connectivity index (χ0n) is 15.7. The third-order valence-corrected chi connectivity index (χ3v) is 6.03. The molecule has 1 N–H and O–H groups in total. The van der Waals surface area contributed by atoms with Crippen LogP contribution in [-0.4, -0.2) is 27.2 Å². The first-order chi connectivity index (χ1) is 12.8. The van der Waals surface area contributed by atoms with E-state index in [9.17, 15) is 13.2 Å². The van der Waals surface area contributed by atoms with Crippen molar-refractivity contribution >= 4 is 15.7 Å². The number of hydrogen-bond donors (Lipinski definition) is 1. The van der Waals surface area contributed by atoms with Crippen LogP contribution in [0.2, 0.25) is 0 Å². The molecule has 5 nitrogen and oxygen atoms in total. The lowest BCUT2D eigenvalue weighted by atomic mass is 9.91. The molecule has 6 heteroatoms. The molecule has 1 aliphatic rings. The van der Waals surface area contributed by atoms with Gasteiger partial charge >= 0.3 is 0 Å². The van der Waals surface area contributed by atoms with Gasteiger partial charge < -0.3 is 10.1 Å². The highest BCUT2D eigenvalue weighted by Crippen LogP contribution is 2.29. The van der Waals surface area contributed by atoms with Crippen LogP contribution in [-0.2, 0) is 27.5 Å². The van der Waals surface area contributed by atoms with Crippen molar-refractivity contribution in [2.45, 2.75) is 43.5 Å². The first-order valence-corrected chi connectivity index (χ1v) is 11.1. The van der Waals surface area contributed by atoms with E-state index in [1.165, 1.54) is 23.8 Å². The molecule has 0 saturated carbocycles. The minimum absolute atomic E-state index is 0.0395. The molecule has 2 aromatic carbocycles. The van der Waals surface area contributed by atoms with E-state index in [4.69, 9.17) is 4.74 Å². The maximum absolute atomic E-state index is 12.3. The predicted molar refractivity (Wildman–Crippen MR) is 105 cm³/mol. The molecule has 0 unspecified atom stereocenters. The van der Waals surface area contributed by atoms with Crippen LogP contribution < -0.4 is 10.1 Å². The molecular weight excluding hydrogens is 362 g/mol. The van der Waals surface area contributed by atoms with Crippen LogP contribution in [0.1, 0.15) is 42.5 Å². The van der Waals surface area contributed by atoms with Gasteiger partial charge in [0.25, 0.3) is 5.91 Å². The fourth-order valence-corrected chi connectivity index (χ4v) is 4.03. The van der Waals surface area contributed by atoms with Crippen LogP contribution in [0.25, 0.3) is 0 Å². The Bertz CT molecular complexity index is 920. The van der Waals surface area contributed by atoms with E-state index in [1.54, 1.807) is 24.3 Å². The van der Waals surface area contributed by atoms with Gasteiger partial charge in [-0.3, -0.25) is 4.79 Å². The molecule has 2 aromatic rings. The lowest BCUT2D eigenvalue weighted by molar-refractivity contribution is -0.123. The van der Waals surface area contributed by atoms with Crippen molar-refractivity contribution in [3.8, 4) is 5.75 Å². The van der Waals surface area contributed by atoms with Crippen molar-refractivity contribution in [3.63, 3.8) is 0 Å². The van der Waals surface area contributed by atoms with Crippen molar-refractivity contribution in [3.05, 3.63) is 59.2 Å². The lowest BCUT2D eigenvalue weighted by Crippen LogP contribution is -2.31. The summed E-state index contributed by atoms with van der Waals surface area (Å²) in [4.78, 5) is 12.5. The monoisotopic (exact) mass is 387 g/mol. The van der Waals surface area contributed by atoms with Gasteiger partial charge in [0.05, 0.1) is 10.9 Å². The summed E-state index contributed by atoms with van der Waals surface area (Å²) in [5.41, 5.74) is 3.38. The second-order valence-electron chi connectivity index (χ2n) is 7.02. The Hall–Kier alpha value is -2.34. The molecule has 0 spiro atoms. The molecule has 0 bridgehead atoms. The average Bonchev–Trinajstić information content (AvgIpc) is 2.65. The second-order valence-corrected chi connectivity index (χ2v) is 9.04. The molecule has 1 amide bonds. The second kappa shape index (κ2) is 8.13. The van der Waals surface area contributed by atoms with E-state index in [0.29, 0.717) is 0 Å². The molecule has 0 fully saturated rings. The summed E-state index contributed by atoms with van der Waals surface area (Å²) < 4.78 is 28.8. The molecular formula is C21H25NO4S.